The lowest BCUT2D eigenvalue weighted by molar-refractivity contribution is 0.00744. The highest BCUT2D eigenvalue weighted by Gasteiger charge is 2.29. The summed E-state index contributed by atoms with van der Waals surface area (Å²) in [7, 11) is 0. The van der Waals surface area contributed by atoms with Gasteiger partial charge in [0.1, 0.15) is 6.23 Å². The first-order valence-corrected chi connectivity index (χ1v) is 13.7. The van der Waals surface area contributed by atoms with E-state index < -0.39 is 6.72 Å². The highest BCUT2D eigenvalue weighted by atomic mass is 32.7. The minimum atomic E-state index is -3.02. The number of rotatable bonds is 12. The SMILES string of the molecule is CCCCCCSc1ccc(SP(=O)(NC2CCCCO2)OCC)cc1. The van der Waals surface area contributed by atoms with Crippen LogP contribution in [0.5, 0.6) is 0 Å². The summed E-state index contributed by atoms with van der Waals surface area (Å²) in [6.07, 6.45) is 8.04. The summed E-state index contributed by atoms with van der Waals surface area (Å²) in [6.45, 7) is 2.22. The zero-order valence-electron chi connectivity index (χ0n) is 15.9. The lowest BCUT2D eigenvalue weighted by atomic mass is 10.2. The van der Waals surface area contributed by atoms with Gasteiger partial charge in [-0.25, -0.2) is 5.09 Å². The van der Waals surface area contributed by atoms with Crippen molar-refractivity contribution in [2.75, 3.05) is 19.0 Å². The van der Waals surface area contributed by atoms with Crippen LogP contribution in [0.15, 0.2) is 34.1 Å². The molecule has 7 heteroatoms. The van der Waals surface area contributed by atoms with Crippen LogP contribution in [0.2, 0.25) is 0 Å². The van der Waals surface area contributed by atoms with Crippen molar-refractivity contribution < 1.29 is 13.8 Å². The molecule has 1 aliphatic rings. The Balaban J connectivity index is 1.86. The summed E-state index contributed by atoms with van der Waals surface area (Å²) in [4.78, 5) is 2.22. The molecule has 1 heterocycles. The van der Waals surface area contributed by atoms with E-state index in [0.717, 1.165) is 36.5 Å². The molecular weight excluding hydrogens is 385 g/mol. The van der Waals surface area contributed by atoms with Gasteiger partial charge in [0.2, 0.25) is 0 Å². The van der Waals surface area contributed by atoms with Crippen LogP contribution in [-0.4, -0.2) is 25.2 Å². The van der Waals surface area contributed by atoms with Crippen LogP contribution in [0.1, 0.15) is 58.8 Å². The summed E-state index contributed by atoms with van der Waals surface area (Å²) >= 11 is 3.18. The summed E-state index contributed by atoms with van der Waals surface area (Å²) in [5, 5.41) is 3.12. The van der Waals surface area contributed by atoms with E-state index in [1.165, 1.54) is 42.0 Å². The Bertz CT molecular complexity index is 550. The second kappa shape index (κ2) is 12.5. The molecule has 2 rings (SSSR count). The first-order valence-electron chi connectivity index (χ1n) is 9.71. The van der Waals surface area contributed by atoms with Gasteiger partial charge in [-0.3, -0.25) is 4.57 Å². The van der Waals surface area contributed by atoms with Crippen molar-refractivity contribution >= 4 is 29.9 Å². The maximum atomic E-state index is 13.2. The second-order valence-corrected chi connectivity index (χ2v) is 11.7. The van der Waals surface area contributed by atoms with Crippen molar-refractivity contribution in [1.29, 1.82) is 0 Å². The number of benzene rings is 1. The van der Waals surface area contributed by atoms with Gasteiger partial charge in [0.15, 0.2) is 0 Å². The number of thioether (sulfide) groups is 1. The van der Waals surface area contributed by atoms with Gasteiger partial charge in [-0.2, -0.15) is 0 Å². The Morgan fingerprint density at radius 2 is 1.92 bits per heavy atom. The van der Waals surface area contributed by atoms with E-state index in [9.17, 15) is 4.57 Å². The van der Waals surface area contributed by atoms with Gasteiger partial charge >= 0.3 is 6.72 Å². The highest BCUT2D eigenvalue weighted by molar-refractivity contribution is 8.56. The molecule has 0 amide bonds. The third-order valence-corrected chi connectivity index (χ3v) is 9.11. The van der Waals surface area contributed by atoms with E-state index in [1.54, 1.807) is 0 Å². The molecule has 1 aromatic carbocycles. The number of ether oxygens (including phenoxy) is 1. The van der Waals surface area contributed by atoms with Crippen molar-refractivity contribution in [3.63, 3.8) is 0 Å². The average molecular weight is 418 g/mol. The van der Waals surface area contributed by atoms with E-state index in [1.807, 2.05) is 30.8 Å². The molecule has 0 spiro atoms. The molecule has 2 unspecified atom stereocenters. The fraction of sp³-hybridized carbons (Fsp3) is 0.684. The summed E-state index contributed by atoms with van der Waals surface area (Å²) in [6, 6.07) is 8.29. The molecule has 0 aliphatic carbocycles. The Kier molecular flexibility index (Phi) is 10.7. The quantitative estimate of drug-likeness (QED) is 0.232. The second-order valence-electron chi connectivity index (χ2n) is 6.37. The van der Waals surface area contributed by atoms with E-state index >= 15 is 0 Å². The maximum Gasteiger partial charge on any atom is 0.333 e. The Morgan fingerprint density at radius 1 is 1.15 bits per heavy atom. The molecule has 1 fully saturated rings. The van der Waals surface area contributed by atoms with Crippen molar-refractivity contribution in [2.24, 2.45) is 0 Å². The monoisotopic (exact) mass is 417 g/mol. The van der Waals surface area contributed by atoms with Gasteiger partial charge in [0.25, 0.3) is 0 Å². The highest BCUT2D eigenvalue weighted by Crippen LogP contribution is 2.60. The Labute approximate surface area is 166 Å². The molecule has 26 heavy (non-hydrogen) atoms. The molecule has 0 saturated carbocycles. The van der Waals surface area contributed by atoms with Crippen LogP contribution >= 0.6 is 29.9 Å². The van der Waals surface area contributed by atoms with Crippen LogP contribution in [0.3, 0.4) is 0 Å². The predicted molar refractivity (Wildman–Crippen MR) is 113 cm³/mol. The number of nitrogens with one attached hydrogen (secondary N) is 1. The van der Waals surface area contributed by atoms with E-state index in [4.69, 9.17) is 9.26 Å². The van der Waals surface area contributed by atoms with E-state index in [0.29, 0.717) is 6.61 Å². The molecule has 0 bridgehead atoms. The predicted octanol–water partition coefficient (Wildman–Crippen LogP) is 6.71. The number of hydrogen-bond acceptors (Lipinski definition) is 5. The van der Waals surface area contributed by atoms with Gasteiger partial charge in [0.05, 0.1) is 6.61 Å². The van der Waals surface area contributed by atoms with Crippen molar-refractivity contribution in [1.82, 2.24) is 5.09 Å². The van der Waals surface area contributed by atoms with Gasteiger partial charge in [0, 0.05) is 16.4 Å². The van der Waals surface area contributed by atoms with Crippen LogP contribution in [0.25, 0.3) is 0 Å². The summed E-state index contributed by atoms with van der Waals surface area (Å²) in [5.41, 5.74) is 0. The molecular formula is C19H32NO3PS2. The van der Waals surface area contributed by atoms with Gasteiger partial charge in [-0.1, -0.05) is 26.2 Å². The van der Waals surface area contributed by atoms with Gasteiger partial charge < -0.3 is 9.26 Å². The summed E-state index contributed by atoms with van der Waals surface area (Å²) < 4.78 is 24.4. The van der Waals surface area contributed by atoms with Gasteiger partial charge in [-0.15, -0.1) is 11.8 Å². The van der Waals surface area contributed by atoms with E-state index in [2.05, 4.69) is 24.1 Å². The van der Waals surface area contributed by atoms with Crippen LogP contribution < -0.4 is 5.09 Å². The van der Waals surface area contributed by atoms with Gasteiger partial charge in [-0.05, 0) is 74.0 Å². The molecule has 1 aromatic rings. The topological polar surface area (TPSA) is 47.6 Å². The lowest BCUT2D eigenvalue weighted by Crippen LogP contribution is -2.32. The zero-order chi connectivity index (χ0) is 18.7. The Morgan fingerprint density at radius 3 is 2.58 bits per heavy atom. The van der Waals surface area contributed by atoms with Crippen molar-refractivity contribution in [3.8, 4) is 0 Å². The normalized spacial score (nSPS) is 20.0. The molecule has 1 aliphatic heterocycles. The fourth-order valence-corrected chi connectivity index (χ4v) is 7.44. The van der Waals surface area contributed by atoms with Crippen molar-refractivity contribution in [3.05, 3.63) is 24.3 Å². The minimum Gasteiger partial charge on any atom is -0.363 e. The largest absolute Gasteiger partial charge is 0.363 e. The summed E-state index contributed by atoms with van der Waals surface area (Å²) in [5.74, 6) is 1.16. The third kappa shape index (κ3) is 8.37. The smallest absolute Gasteiger partial charge is 0.333 e. The Hall–Kier alpha value is 0.0300. The number of unbranched alkanes of at least 4 members (excludes halogenated alkanes) is 3. The molecule has 2 atom stereocenters. The molecule has 148 valence electrons. The number of hydrogen-bond donors (Lipinski definition) is 1. The molecule has 0 radical (unpaired) electrons. The van der Waals surface area contributed by atoms with Crippen LogP contribution in [0, 0.1) is 0 Å². The van der Waals surface area contributed by atoms with Crippen LogP contribution in [-0.2, 0) is 13.8 Å². The lowest BCUT2D eigenvalue weighted by Gasteiger charge is -2.27. The van der Waals surface area contributed by atoms with Crippen LogP contribution in [0.4, 0.5) is 0 Å². The first-order chi connectivity index (χ1) is 12.6. The van der Waals surface area contributed by atoms with Crippen molar-refractivity contribution in [2.45, 2.75) is 74.8 Å². The molecule has 4 nitrogen and oxygen atoms in total. The molecule has 1 N–H and O–H groups in total. The third-order valence-electron chi connectivity index (χ3n) is 4.10. The fourth-order valence-electron chi connectivity index (χ4n) is 2.73. The first kappa shape index (κ1) is 22.3. The average Bonchev–Trinajstić information content (AvgIpc) is 2.64. The molecule has 0 aromatic heterocycles. The molecule has 1 saturated heterocycles. The minimum absolute atomic E-state index is 0.174. The standard InChI is InChI=1S/C19H32NO3PS2/c1-3-5-6-9-16-25-17-11-13-18(14-12-17)26-24(21,23-4-2)20-19-10-7-8-15-22-19/h11-14,19H,3-10,15-16H2,1-2H3,(H,20,21). The maximum absolute atomic E-state index is 13.2. The van der Waals surface area contributed by atoms with E-state index in [-0.39, 0.29) is 6.23 Å². The zero-order valence-corrected chi connectivity index (χ0v) is 18.5.